The lowest BCUT2D eigenvalue weighted by atomic mass is 10.1. The highest BCUT2D eigenvalue weighted by Gasteiger charge is 2.17. The van der Waals surface area contributed by atoms with E-state index >= 15 is 0 Å². The van der Waals surface area contributed by atoms with Crippen LogP contribution in [0.4, 0.5) is 0 Å². The van der Waals surface area contributed by atoms with Crippen LogP contribution in [0.1, 0.15) is 5.56 Å². The second-order valence-electron chi connectivity index (χ2n) is 2.85. The van der Waals surface area contributed by atoms with Crippen LogP contribution in [0.2, 0.25) is 5.02 Å². The number of halogens is 1. The van der Waals surface area contributed by atoms with Crippen LogP contribution in [0.15, 0.2) is 12.1 Å². The van der Waals surface area contributed by atoms with E-state index in [1.54, 1.807) is 0 Å². The number of hydrogen-bond acceptors (Lipinski definition) is 3. The molecule has 1 aliphatic rings. The lowest BCUT2D eigenvalue weighted by Crippen LogP contribution is -2.02. The number of rotatable bonds is 2. The Morgan fingerprint density at radius 1 is 1.38 bits per heavy atom. The third-order valence-corrected chi connectivity index (χ3v) is 2.20. The first kappa shape index (κ1) is 8.66. The van der Waals surface area contributed by atoms with E-state index in [1.807, 2.05) is 12.1 Å². The minimum atomic E-state index is 0.251. The van der Waals surface area contributed by atoms with Crippen LogP contribution < -0.4 is 15.2 Å². The normalized spacial score (nSPS) is 13.4. The molecule has 0 bridgehead atoms. The minimum Gasteiger partial charge on any atom is -0.454 e. The average molecular weight is 200 g/mol. The van der Waals surface area contributed by atoms with Gasteiger partial charge in [-0.2, -0.15) is 0 Å². The zero-order valence-electron chi connectivity index (χ0n) is 7.05. The van der Waals surface area contributed by atoms with E-state index < -0.39 is 0 Å². The molecule has 0 saturated heterocycles. The Hall–Kier alpha value is -0.930. The highest BCUT2D eigenvalue weighted by molar-refractivity contribution is 6.32. The van der Waals surface area contributed by atoms with Crippen LogP contribution in [-0.2, 0) is 6.42 Å². The molecular weight excluding hydrogens is 190 g/mol. The fraction of sp³-hybridized carbons (Fsp3) is 0.333. The van der Waals surface area contributed by atoms with Gasteiger partial charge in [-0.05, 0) is 30.7 Å². The molecule has 0 unspecified atom stereocenters. The fourth-order valence-corrected chi connectivity index (χ4v) is 1.62. The van der Waals surface area contributed by atoms with Crippen molar-refractivity contribution >= 4 is 11.6 Å². The van der Waals surface area contributed by atoms with Gasteiger partial charge in [0.05, 0.1) is 5.02 Å². The molecule has 1 aromatic rings. The molecule has 0 aromatic heterocycles. The van der Waals surface area contributed by atoms with Gasteiger partial charge >= 0.3 is 0 Å². The Kier molecular flexibility index (Phi) is 2.29. The second kappa shape index (κ2) is 3.44. The molecule has 0 radical (unpaired) electrons. The predicted octanol–water partition coefficient (Wildman–Crippen LogP) is 1.57. The zero-order chi connectivity index (χ0) is 9.26. The summed E-state index contributed by atoms with van der Waals surface area (Å²) in [5.41, 5.74) is 6.52. The molecule has 1 aromatic carbocycles. The Morgan fingerprint density at radius 3 is 3.00 bits per heavy atom. The van der Waals surface area contributed by atoms with Crippen LogP contribution in [0.5, 0.6) is 11.5 Å². The van der Waals surface area contributed by atoms with Crippen molar-refractivity contribution in [3.63, 3.8) is 0 Å². The first-order chi connectivity index (χ1) is 6.31. The van der Waals surface area contributed by atoms with Gasteiger partial charge in [-0.25, -0.2) is 0 Å². The summed E-state index contributed by atoms with van der Waals surface area (Å²) in [7, 11) is 0. The molecule has 1 aliphatic heterocycles. The zero-order valence-corrected chi connectivity index (χ0v) is 7.80. The average Bonchev–Trinajstić information content (AvgIpc) is 2.53. The summed E-state index contributed by atoms with van der Waals surface area (Å²) in [6.07, 6.45) is 0.802. The molecule has 0 saturated carbocycles. The fourth-order valence-electron chi connectivity index (χ4n) is 1.33. The van der Waals surface area contributed by atoms with Gasteiger partial charge < -0.3 is 15.2 Å². The molecule has 0 atom stereocenters. The quantitative estimate of drug-likeness (QED) is 0.787. The lowest BCUT2D eigenvalue weighted by Gasteiger charge is -2.02. The monoisotopic (exact) mass is 199 g/mol. The number of nitrogens with two attached hydrogens (primary N) is 1. The van der Waals surface area contributed by atoms with Gasteiger partial charge in [0.1, 0.15) is 0 Å². The van der Waals surface area contributed by atoms with Gasteiger partial charge in [-0.3, -0.25) is 0 Å². The molecule has 70 valence electrons. The van der Waals surface area contributed by atoms with Gasteiger partial charge in [-0.15, -0.1) is 0 Å². The highest BCUT2D eigenvalue weighted by atomic mass is 35.5. The molecule has 0 spiro atoms. The van der Waals surface area contributed by atoms with Gasteiger partial charge in [0.2, 0.25) is 6.79 Å². The minimum absolute atomic E-state index is 0.251. The highest BCUT2D eigenvalue weighted by Crippen LogP contribution is 2.39. The largest absolute Gasteiger partial charge is 0.454 e. The summed E-state index contributed by atoms with van der Waals surface area (Å²) < 4.78 is 10.4. The molecule has 13 heavy (non-hydrogen) atoms. The maximum absolute atomic E-state index is 5.96. The first-order valence-electron chi connectivity index (χ1n) is 4.09. The van der Waals surface area contributed by atoms with Gasteiger partial charge in [0, 0.05) is 0 Å². The maximum Gasteiger partial charge on any atom is 0.231 e. The van der Waals surface area contributed by atoms with Crippen LogP contribution in [0.3, 0.4) is 0 Å². The molecule has 0 fully saturated rings. The third-order valence-electron chi connectivity index (χ3n) is 1.92. The van der Waals surface area contributed by atoms with E-state index in [9.17, 15) is 0 Å². The molecule has 1 heterocycles. The Morgan fingerprint density at radius 2 is 2.23 bits per heavy atom. The van der Waals surface area contributed by atoms with Gasteiger partial charge in [-0.1, -0.05) is 11.6 Å². The summed E-state index contributed by atoms with van der Waals surface area (Å²) in [4.78, 5) is 0. The molecule has 4 heteroatoms. The summed E-state index contributed by atoms with van der Waals surface area (Å²) >= 11 is 5.96. The Labute approximate surface area is 81.4 Å². The van der Waals surface area contributed by atoms with E-state index in [0.29, 0.717) is 17.3 Å². The van der Waals surface area contributed by atoms with Crippen LogP contribution >= 0.6 is 11.6 Å². The van der Waals surface area contributed by atoms with Crippen molar-refractivity contribution in [2.24, 2.45) is 5.73 Å². The van der Waals surface area contributed by atoms with Crippen molar-refractivity contribution in [1.82, 2.24) is 0 Å². The van der Waals surface area contributed by atoms with E-state index in [0.717, 1.165) is 17.7 Å². The van der Waals surface area contributed by atoms with Crippen LogP contribution in [0, 0.1) is 0 Å². The van der Waals surface area contributed by atoms with Crippen molar-refractivity contribution in [3.05, 3.63) is 22.7 Å². The smallest absolute Gasteiger partial charge is 0.231 e. The number of hydrogen-bond donors (Lipinski definition) is 1. The molecule has 0 amide bonds. The van der Waals surface area contributed by atoms with E-state index in [2.05, 4.69) is 0 Å². The SMILES string of the molecule is NCCc1cc(Cl)c2c(c1)OCO2. The number of benzene rings is 1. The first-order valence-corrected chi connectivity index (χ1v) is 4.47. The van der Waals surface area contributed by atoms with Crippen molar-refractivity contribution in [3.8, 4) is 11.5 Å². The molecular formula is C9H10ClNO2. The third kappa shape index (κ3) is 1.57. The van der Waals surface area contributed by atoms with E-state index in [4.69, 9.17) is 26.8 Å². The summed E-state index contributed by atoms with van der Waals surface area (Å²) in [6, 6.07) is 3.78. The molecule has 2 rings (SSSR count). The van der Waals surface area contributed by atoms with Crippen molar-refractivity contribution in [2.75, 3.05) is 13.3 Å². The predicted molar refractivity (Wildman–Crippen MR) is 50.3 cm³/mol. The van der Waals surface area contributed by atoms with Crippen molar-refractivity contribution in [2.45, 2.75) is 6.42 Å². The summed E-state index contributed by atoms with van der Waals surface area (Å²) in [5.74, 6) is 1.36. The van der Waals surface area contributed by atoms with Gasteiger partial charge in [0.25, 0.3) is 0 Å². The summed E-state index contributed by atoms with van der Waals surface area (Å²) in [5, 5.41) is 0.596. The number of ether oxygens (including phenoxy) is 2. The Balaban J connectivity index is 2.37. The maximum atomic E-state index is 5.96. The van der Waals surface area contributed by atoms with Crippen LogP contribution in [-0.4, -0.2) is 13.3 Å². The van der Waals surface area contributed by atoms with Crippen molar-refractivity contribution in [1.29, 1.82) is 0 Å². The Bertz CT molecular complexity index is 328. The van der Waals surface area contributed by atoms with E-state index in [1.165, 1.54) is 0 Å². The molecule has 3 nitrogen and oxygen atoms in total. The van der Waals surface area contributed by atoms with E-state index in [-0.39, 0.29) is 6.79 Å². The lowest BCUT2D eigenvalue weighted by molar-refractivity contribution is 0.174. The van der Waals surface area contributed by atoms with Gasteiger partial charge in [0.15, 0.2) is 11.5 Å². The second-order valence-corrected chi connectivity index (χ2v) is 3.26. The van der Waals surface area contributed by atoms with Crippen LogP contribution in [0.25, 0.3) is 0 Å². The number of fused-ring (bicyclic) bond motifs is 1. The molecule has 0 aliphatic carbocycles. The molecule has 2 N–H and O–H groups in total. The topological polar surface area (TPSA) is 44.5 Å². The summed E-state index contributed by atoms with van der Waals surface area (Å²) in [6.45, 7) is 0.858. The van der Waals surface area contributed by atoms with Crippen molar-refractivity contribution < 1.29 is 9.47 Å². The standard InChI is InChI=1S/C9H10ClNO2/c10-7-3-6(1-2-11)4-8-9(7)13-5-12-8/h3-4H,1-2,5,11H2.